The fourth-order valence-electron chi connectivity index (χ4n) is 2.11. The van der Waals surface area contributed by atoms with E-state index in [4.69, 9.17) is 5.73 Å². The molecule has 0 radical (unpaired) electrons. The van der Waals surface area contributed by atoms with Gasteiger partial charge in [0.15, 0.2) is 0 Å². The van der Waals surface area contributed by atoms with E-state index in [1.54, 1.807) is 13.8 Å². The number of hydrogen-bond donors (Lipinski definition) is 2. The van der Waals surface area contributed by atoms with Crippen LogP contribution in [0.4, 0.5) is 0 Å². The molecule has 0 fully saturated rings. The van der Waals surface area contributed by atoms with Crippen LogP contribution in [-0.4, -0.2) is 11.4 Å². The lowest BCUT2D eigenvalue weighted by atomic mass is 9.97. The Kier molecular flexibility index (Phi) is 5.12. The molecule has 1 aromatic rings. The summed E-state index contributed by atoms with van der Waals surface area (Å²) in [4.78, 5) is 11.3. The lowest BCUT2D eigenvalue weighted by molar-refractivity contribution is -0.123. The highest BCUT2D eigenvalue weighted by molar-refractivity contribution is 5.83. The smallest absolute Gasteiger partial charge is 0.237 e. The summed E-state index contributed by atoms with van der Waals surface area (Å²) >= 11 is 0. The van der Waals surface area contributed by atoms with E-state index in [1.807, 2.05) is 6.92 Å². The maximum atomic E-state index is 11.3. The molecule has 0 bridgehead atoms. The highest BCUT2D eigenvalue weighted by Gasteiger charge is 2.26. The summed E-state index contributed by atoms with van der Waals surface area (Å²) < 4.78 is 0. The molecule has 0 aliphatic rings. The molecule has 0 aromatic heterocycles. The summed E-state index contributed by atoms with van der Waals surface area (Å²) in [6.07, 6.45) is 1.09. The topological polar surface area (TPSA) is 55.1 Å². The molecule has 3 heteroatoms. The Hall–Kier alpha value is -1.35. The van der Waals surface area contributed by atoms with Gasteiger partial charge in [0.1, 0.15) is 0 Å². The summed E-state index contributed by atoms with van der Waals surface area (Å²) in [6.45, 7) is 10.1. The lowest BCUT2D eigenvalue weighted by Crippen LogP contribution is -2.51. The maximum Gasteiger partial charge on any atom is 0.237 e. The molecule has 3 nitrogen and oxygen atoms in total. The van der Waals surface area contributed by atoms with Gasteiger partial charge in [-0.15, -0.1) is 0 Å². The Morgan fingerprint density at radius 2 is 1.74 bits per heavy atom. The second-order valence-corrected chi connectivity index (χ2v) is 6.19. The van der Waals surface area contributed by atoms with Gasteiger partial charge in [-0.3, -0.25) is 10.1 Å². The average molecular weight is 262 g/mol. The molecule has 19 heavy (non-hydrogen) atoms. The number of carbonyl (C=O) groups excluding carboxylic acids is 1. The van der Waals surface area contributed by atoms with Crippen molar-refractivity contribution in [2.45, 2.75) is 52.6 Å². The molecule has 1 atom stereocenters. The van der Waals surface area contributed by atoms with Gasteiger partial charge >= 0.3 is 0 Å². The number of benzene rings is 1. The van der Waals surface area contributed by atoms with Crippen molar-refractivity contribution in [3.8, 4) is 0 Å². The molecule has 106 valence electrons. The summed E-state index contributed by atoms with van der Waals surface area (Å²) in [5.41, 5.74) is 7.19. The molecule has 3 N–H and O–H groups in total. The Bertz CT molecular complexity index is 421. The highest BCUT2D eigenvalue weighted by atomic mass is 16.1. The van der Waals surface area contributed by atoms with Crippen LogP contribution in [0.5, 0.6) is 0 Å². The van der Waals surface area contributed by atoms with Gasteiger partial charge in [-0.1, -0.05) is 38.1 Å². The van der Waals surface area contributed by atoms with E-state index >= 15 is 0 Å². The van der Waals surface area contributed by atoms with E-state index in [0.29, 0.717) is 5.92 Å². The van der Waals surface area contributed by atoms with Gasteiger partial charge in [0.2, 0.25) is 5.91 Å². The first-order chi connectivity index (χ1) is 8.72. The van der Waals surface area contributed by atoms with Crippen molar-refractivity contribution in [3.63, 3.8) is 0 Å². The number of primary amides is 1. The summed E-state index contributed by atoms with van der Waals surface area (Å²) in [7, 11) is 0. The zero-order valence-corrected chi connectivity index (χ0v) is 12.7. The lowest BCUT2D eigenvalue weighted by Gasteiger charge is -2.27. The zero-order chi connectivity index (χ0) is 14.6. The van der Waals surface area contributed by atoms with Crippen molar-refractivity contribution in [2.75, 3.05) is 0 Å². The first kappa shape index (κ1) is 15.7. The number of hydrogen-bond acceptors (Lipinski definition) is 2. The summed E-state index contributed by atoms with van der Waals surface area (Å²) in [5, 5.41) is 3.26. The van der Waals surface area contributed by atoms with Crippen molar-refractivity contribution in [1.82, 2.24) is 5.32 Å². The zero-order valence-electron chi connectivity index (χ0n) is 12.7. The number of nitrogens with one attached hydrogen (secondary N) is 1. The fraction of sp³-hybridized carbons (Fsp3) is 0.562. The molecule has 0 saturated carbocycles. The van der Waals surface area contributed by atoms with E-state index in [9.17, 15) is 4.79 Å². The Balaban J connectivity index is 2.73. The van der Waals surface area contributed by atoms with Gasteiger partial charge in [0, 0.05) is 6.04 Å². The quantitative estimate of drug-likeness (QED) is 0.828. The van der Waals surface area contributed by atoms with Crippen molar-refractivity contribution < 1.29 is 4.79 Å². The standard InChI is InChI=1S/C16H26N2O/c1-11(2)10-13-6-8-14(9-7-13)12(3)18-16(4,5)15(17)19/h6-9,11-12,18H,10H2,1-5H3,(H2,17,19). The van der Waals surface area contributed by atoms with Crippen LogP contribution < -0.4 is 11.1 Å². The molecule has 0 heterocycles. The van der Waals surface area contributed by atoms with Crippen LogP contribution in [-0.2, 0) is 11.2 Å². The van der Waals surface area contributed by atoms with Gasteiger partial charge in [0.25, 0.3) is 0 Å². The van der Waals surface area contributed by atoms with Gasteiger partial charge in [-0.25, -0.2) is 0 Å². The Morgan fingerprint density at radius 3 is 2.16 bits per heavy atom. The molecular formula is C16H26N2O. The van der Waals surface area contributed by atoms with E-state index in [-0.39, 0.29) is 11.9 Å². The van der Waals surface area contributed by atoms with Crippen LogP contribution in [0.15, 0.2) is 24.3 Å². The molecule has 0 aliphatic heterocycles. The fourth-order valence-corrected chi connectivity index (χ4v) is 2.11. The number of nitrogens with two attached hydrogens (primary N) is 1. The first-order valence-electron chi connectivity index (χ1n) is 6.89. The molecule has 1 aromatic carbocycles. The van der Waals surface area contributed by atoms with E-state index in [2.05, 4.69) is 43.4 Å². The summed E-state index contributed by atoms with van der Waals surface area (Å²) in [6, 6.07) is 8.64. The third-order valence-corrected chi connectivity index (χ3v) is 3.32. The Labute approximate surface area is 116 Å². The van der Waals surface area contributed by atoms with Crippen LogP contribution in [0.3, 0.4) is 0 Å². The number of amides is 1. The number of carbonyl (C=O) groups is 1. The van der Waals surface area contributed by atoms with Gasteiger partial charge in [-0.05, 0) is 44.2 Å². The van der Waals surface area contributed by atoms with E-state index < -0.39 is 5.54 Å². The van der Waals surface area contributed by atoms with Crippen LogP contribution in [0, 0.1) is 5.92 Å². The van der Waals surface area contributed by atoms with Crippen molar-refractivity contribution in [3.05, 3.63) is 35.4 Å². The van der Waals surface area contributed by atoms with Gasteiger partial charge < -0.3 is 5.73 Å². The minimum atomic E-state index is -0.698. The van der Waals surface area contributed by atoms with Crippen LogP contribution in [0.2, 0.25) is 0 Å². The van der Waals surface area contributed by atoms with Crippen LogP contribution in [0.25, 0.3) is 0 Å². The molecule has 0 aliphatic carbocycles. The minimum Gasteiger partial charge on any atom is -0.368 e. The molecule has 0 spiro atoms. The molecule has 0 saturated heterocycles. The normalized spacial score (nSPS) is 13.6. The van der Waals surface area contributed by atoms with Gasteiger partial charge in [-0.2, -0.15) is 0 Å². The molecular weight excluding hydrogens is 236 g/mol. The van der Waals surface area contributed by atoms with Crippen molar-refractivity contribution in [2.24, 2.45) is 11.7 Å². The minimum absolute atomic E-state index is 0.0931. The predicted molar refractivity (Wildman–Crippen MR) is 79.8 cm³/mol. The summed E-state index contributed by atoms with van der Waals surface area (Å²) in [5.74, 6) is 0.325. The highest BCUT2D eigenvalue weighted by Crippen LogP contribution is 2.18. The van der Waals surface area contributed by atoms with E-state index in [1.165, 1.54) is 11.1 Å². The third-order valence-electron chi connectivity index (χ3n) is 3.32. The Morgan fingerprint density at radius 1 is 1.21 bits per heavy atom. The van der Waals surface area contributed by atoms with E-state index in [0.717, 1.165) is 6.42 Å². The first-order valence-corrected chi connectivity index (χ1v) is 6.89. The van der Waals surface area contributed by atoms with Crippen molar-refractivity contribution in [1.29, 1.82) is 0 Å². The van der Waals surface area contributed by atoms with Crippen LogP contribution >= 0.6 is 0 Å². The largest absolute Gasteiger partial charge is 0.368 e. The second kappa shape index (κ2) is 6.20. The van der Waals surface area contributed by atoms with Crippen molar-refractivity contribution >= 4 is 5.91 Å². The van der Waals surface area contributed by atoms with Crippen LogP contribution in [0.1, 0.15) is 51.8 Å². The predicted octanol–water partition coefficient (Wildman–Crippen LogP) is 2.80. The second-order valence-electron chi connectivity index (χ2n) is 6.19. The SMILES string of the molecule is CC(C)Cc1ccc(C(C)NC(C)(C)C(N)=O)cc1. The molecule has 1 unspecified atom stereocenters. The van der Waals surface area contributed by atoms with Gasteiger partial charge in [0.05, 0.1) is 5.54 Å². The average Bonchev–Trinajstić information content (AvgIpc) is 2.28. The monoisotopic (exact) mass is 262 g/mol. The number of rotatable bonds is 6. The maximum absolute atomic E-state index is 11.3. The molecule has 1 amide bonds. The third kappa shape index (κ3) is 4.67. The molecule has 1 rings (SSSR count).